The highest BCUT2D eigenvalue weighted by Crippen LogP contribution is 2.27. The van der Waals surface area contributed by atoms with E-state index in [-0.39, 0.29) is 35.4 Å². The summed E-state index contributed by atoms with van der Waals surface area (Å²) in [6.45, 7) is 2.13. The van der Waals surface area contributed by atoms with Gasteiger partial charge in [-0.15, -0.1) is 10.2 Å². The van der Waals surface area contributed by atoms with Crippen LogP contribution in [-0.2, 0) is 14.3 Å². The molecule has 126 valence electrons. The van der Waals surface area contributed by atoms with E-state index >= 15 is 0 Å². The van der Waals surface area contributed by atoms with Crippen molar-refractivity contribution < 1.29 is 14.3 Å². The Balaban J connectivity index is 1.72. The van der Waals surface area contributed by atoms with Gasteiger partial charge in [-0.1, -0.05) is 31.1 Å². The first kappa shape index (κ1) is 17.7. The van der Waals surface area contributed by atoms with Gasteiger partial charge in [-0.05, 0) is 31.5 Å². The van der Waals surface area contributed by atoms with Crippen molar-refractivity contribution in [3.05, 3.63) is 5.51 Å². The minimum Gasteiger partial charge on any atom is -0.462 e. The Kier molecular flexibility index (Phi) is 6.85. The molecule has 23 heavy (non-hydrogen) atoms. The lowest BCUT2D eigenvalue weighted by molar-refractivity contribution is -0.145. The zero-order valence-corrected chi connectivity index (χ0v) is 14.5. The Morgan fingerprint density at radius 2 is 2.35 bits per heavy atom. The van der Waals surface area contributed by atoms with Crippen molar-refractivity contribution in [3.8, 4) is 0 Å². The van der Waals surface area contributed by atoms with Gasteiger partial charge in [-0.25, -0.2) is 0 Å². The molecule has 1 aliphatic heterocycles. The summed E-state index contributed by atoms with van der Waals surface area (Å²) in [5.41, 5.74) is 1.56. The Bertz CT molecular complexity index is 550. The lowest BCUT2D eigenvalue weighted by Gasteiger charge is -2.09. The number of ether oxygens (including phenoxy) is 1. The van der Waals surface area contributed by atoms with E-state index in [0.717, 1.165) is 25.7 Å². The van der Waals surface area contributed by atoms with Crippen molar-refractivity contribution >= 4 is 45.7 Å². The number of rotatable bonds is 7. The second-order valence-corrected chi connectivity index (χ2v) is 6.68. The maximum Gasteiger partial charge on any atom is 0.309 e. The van der Waals surface area contributed by atoms with E-state index in [2.05, 4.69) is 27.8 Å². The Morgan fingerprint density at radius 1 is 1.52 bits per heavy atom. The molecule has 1 fully saturated rings. The number of carbonyl (C=O) groups excluding carboxylic acids is 2. The van der Waals surface area contributed by atoms with Crippen molar-refractivity contribution in [2.45, 2.75) is 51.6 Å². The number of esters is 1. The second kappa shape index (κ2) is 8.88. The van der Waals surface area contributed by atoms with Crippen LogP contribution in [0.3, 0.4) is 0 Å². The van der Waals surface area contributed by atoms with Crippen molar-refractivity contribution in [3.63, 3.8) is 0 Å². The Hall–Kier alpha value is -1.61. The first-order chi connectivity index (χ1) is 11.1. The number of carbonyl (C=O) groups is 2. The predicted octanol–water partition coefficient (Wildman–Crippen LogP) is 2.25. The standard InChI is InChI=1S/C14H20N4O3S2/c1-2-3-4-5-10-6-9(12(20)21-10)7-11(19)16-13(22)17-14-18-15-8-23-14/h8-10H,2-7H2,1H3,(H2,16,17,18,19,22)/t9-,10+/m0/s1. The topological polar surface area (TPSA) is 93.2 Å². The lowest BCUT2D eigenvalue weighted by atomic mass is 9.98. The number of hydrogen-bond acceptors (Lipinski definition) is 7. The van der Waals surface area contributed by atoms with Crippen molar-refractivity contribution in [1.29, 1.82) is 0 Å². The maximum absolute atomic E-state index is 12.0. The fourth-order valence-corrected chi connectivity index (χ4v) is 3.17. The minimum atomic E-state index is -0.383. The first-order valence-corrected chi connectivity index (χ1v) is 8.94. The monoisotopic (exact) mass is 356 g/mol. The summed E-state index contributed by atoms with van der Waals surface area (Å²) in [6, 6.07) is 0. The summed E-state index contributed by atoms with van der Waals surface area (Å²) in [7, 11) is 0. The Morgan fingerprint density at radius 3 is 3.04 bits per heavy atom. The maximum atomic E-state index is 12.0. The van der Waals surface area contributed by atoms with Gasteiger partial charge < -0.3 is 15.4 Å². The third-order valence-electron chi connectivity index (χ3n) is 3.56. The smallest absolute Gasteiger partial charge is 0.309 e. The van der Waals surface area contributed by atoms with Crippen molar-refractivity contribution in [2.75, 3.05) is 5.32 Å². The van der Waals surface area contributed by atoms with Gasteiger partial charge in [0.05, 0.1) is 5.92 Å². The van der Waals surface area contributed by atoms with Gasteiger partial charge >= 0.3 is 5.97 Å². The number of nitrogens with zero attached hydrogens (tertiary/aromatic N) is 2. The lowest BCUT2D eigenvalue weighted by Crippen LogP contribution is -2.35. The molecule has 2 heterocycles. The SMILES string of the molecule is CCCCC[C@@H]1C[C@@H](CC(=O)NC(=S)Nc2nncs2)C(=O)O1. The molecule has 0 aliphatic carbocycles. The van der Waals surface area contributed by atoms with Gasteiger partial charge in [0.2, 0.25) is 11.0 Å². The number of nitrogens with one attached hydrogen (secondary N) is 2. The number of cyclic esters (lactones) is 1. The van der Waals surface area contributed by atoms with Crippen LogP contribution in [0.2, 0.25) is 0 Å². The average Bonchev–Trinajstić information content (AvgIpc) is 3.10. The molecule has 0 radical (unpaired) electrons. The molecular weight excluding hydrogens is 336 g/mol. The van der Waals surface area contributed by atoms with Gasteiger partial charge in [-0.3, -0.25) is 9.59 Å². The zero-order valence-electron chi connectivity index (χ0n) is 12.9. The fraction of sp³-hybridized carbons (Fsp3) is 0.643. The summed E-state index contributed by atoms with van der Waals surface area (Å²) in [5, 5.41) is 13.4. The van der Waals surface area contributed by atoms with Gasteiger partial charge in [-0.2, -0.15) is 0 Å². The largest absolute Gasteiger partial charge is 0.462 e. The fourth-order valence-electron chi connectivity index (χ4n) is 2.44. The van der Waals surface area contributed by atoms with Crippen molar-refractivity contribution in [1.82, 2.24) is 15.5 Å². The van der Waals surface area contributed by atoms with E-state index in [9.17, 15) is 9.59 Å². The molecule has 2 N–H and O–H groups in total. The normalized spacial score (nSPS) is 20.1. The molecule has 0 spiro atoms. The highest BCUT2D eigenvalue weighted by Gasteiger charge is 2.35. The number of amides is 1. The molecule has 7 nitrogen and oxygen atoms in total. The van der Waals surface area contributed by atoms with Gasteiger partial charge in [0.25, 0.3) is 0 Å². The summed E-state index contributed by atoms with van der Waals surface area (Å²) >= 11 is 6.30. The van der Waals surface area contributed by atoms with Crippen LogP contribution in [0.25, 0.3) is 0 Å². The summed E-state index contributed by atoms with van der Waals surface area (Å²) < 4.78 is 5.33. The number of hydrogen-bond donors (Lipinski definition) is 2. The molecular formula is C14H20N4O3S2. The van der Waals surface area contributed by atoms with Crippen LogP contribution >= 0.6 is 23.6 Å². The number of unbranched alkanes of at least 4 members (excludes halogenated alkanes) is 2. The summed E-state index contributed by atoms with van der Waals surface area (Å²) in [6.07, 6.45) is 4.81. The van der Waals surface area contributed by atoms with Gasteiger partial charge in [0.15, 0.2) is 5.11 Å². The van der Waals surface area contributed by atoms with E-state index in [0.29, 0.717) is 11.6 Å². The van der Waals surface area contributed by atoms with Crippen LogP contribution in [0.15, 0.2) is 5.51 Å². The molecule has 1 saturated heterocycles. The number of anilines is 1. The molecule has 1 aromatic rings. The first-order valence-electron chi connectivity index (χ1n) is 7.66. The predicted molar refractivity (Wildman–Crippen MR) is 91.0 cm³/mol. The highest BCUT2D eigenvalue weighted by atomic mass is 32.1. The summed E-state index contributed by atoms with van der Waals surface area (Å²) in [5.74, 6) is -0.973. The molecule has 0 unspecified atom stereocenters. The number of aromatic nitrogens is 2. The van der Waals surface area contributed by atoms with E-state index in [1.165, 1.54) is 11.3 Å². The van der Waals surface area contributed by atoms with Crippen LogP contribution in [0.5, 0.6) is 0 Å². The molecule has 1 aromatic heterocycles. The van der Waals surface area contributed by atoms with Crippen molar-refractivity contribution in [2.24, 2.45) is 5.92 Å². The van der Waals surface area contributed by atoms with Crippen LogP contribution in [0.4, 0.5) is 5.13 Å². The third kappa shape index (κ3) is 5.83. The van der Waals surface area contributed by atoms with E-state index in [1.54, 1.807) is 5.51 Å². The van der Waals surface area contributed by atoms with Gasteiger partial charge in [0, 0.05) is 6.42 Å². The molecule has 0 saturated carbocycles. The molecule has 2 atom stereocenters. The molecule has 9 heteroatoms. The van der Waals surface area contributed by atoms with Crippen LogP contribution in [0, 0.1) is 5.92 Å². The Labute approximate surface area is 144 Å². The highest BCUT2D eigenvalue weighted by molar-refractivity contribution is 7.80. The molecule has 0 bridgehead atoms. The van der Waals surface area contributed by atoms with Crippen LogP contribution in [0.1, 0.15) is 45.4 Å². The average molecular weight is 356 g/mol. The van der Waals surface area contributed by atoms with E-state index < -0.39 is 0 Å². The zero-order chi connectivity index (χ0) is 16.7. The van der Waals surface area contributed by atoms with Crippen LogP contribution in [-0.4, -0.2) is 33.3 Å². The second-order valence-electron chi connectivity index (χ2n) is 5.44. The molecule has 1 amide bonds. The third-order valence-corrected chi connectivity index (χ3v) is 4.37. The molecule has 1 aliphatic rings. The van der Waals surface area contributed by atoms with E-state index in [4.69, 9.17) is 17.0 Å². The quantitative estimate of drug-likeness (QED) is 0.440. The van der Waals surface area contributed by atoms with Gasteiger partial charge in [0.1, 0.15) is 11.6 Å². The molecule has 2 rings (SSSR count). The van der Waals surface area contributed by atoms with E-state index in [1.807, 2.05) is 0 Å². The van der Waals surface area contributed by atoms with Crippen LogP contribution < -0.4 is 10.6 Å². The summed E-state index contributed by atoms with van der Waals surface area (Å²) in [4.78, 5) is 23.8. The minimum absolute atomic E-state index is 0.0571. The molecule has 0 aromatic carbocycles. The number of thiocarbonyl (C=S) groups is 1.